The molecule has 0 saturated carbocycles. The minimum absolute atomic E-state index is 0.125. The molecule has 32 heavy (non-hydrogen) atoms. The summed E-state index contributed by atoms with van der Waals surface area (Å²) < 4.78 is 37.6. The van der Waals surface area contributed by atoms with E-state index in [9.17, 15) is 23.2 Å². The van der Waals surface area contributed by atoms with E-state index in [0.717, 1.165) is 23.5 Å². The Bertz CT molecular complexity index is 1090. The van der Waals surface area contributed by atoms with Crippen LogP contribution < -0.4 is 14.8 Å². The molecule has 3 rings (SSSR count). The quantitative estimate of drug-likeness (QED) is 0.584. The molecule has 2 aromatic rings. The van der Waals surface area contributed by atoms with E-state index in [1.165, 1.54) is 13.2 Å². The molecule has 10 heteroatoms. The van der Waals surface area contributed by atoms with E-state index >= 15 is 0 Å². The normalized spacial score (nSPS) is 14.8. The summed E-state index contributed by atoms with van der Waals surface area (Å²) in [6, 6.07) is 7.74. The number of nitrogens with zero attached hydrogens (tertiary/aromatic N) is 1. The Morgan fingerprint density at radius 2 is 1.94 bits per heavy atom. The molecule has 2 aromatic carbocycles. The molecule has 0 atom stereocenters. The number of hydrogen-bond acceptors (Lipinski definition) is 6. The maximum absolute atomic E-state index is 13.7. The number of nitrogens with one attached hydrogen (secondary N) is 1. The Morgan fingerprint density at radius 1 is 1.16 bits per heavy atom. The van der Waals surface area contributed by atoms with Gasteiger partial charge in [0.1, 0.15) is 18.2 Å². The van der Waals surface area contributed by atoms with Gasteiger partial charge in [-0.1, -0.05) is 13.0 Å². The first-order valence-electron chi connectivity index (χ1n) is 9.63. The van der Waals surface area contributed by atoms with Crippen molar-refractivity contribution >= 4 is 40.6 Å². The molecule has 1 N–H and O–H groups in total. The lowest BCUT2D eigenvalue weighted by Crippen LogP contribution is -2.36. The van der Waals surface area contributed by atoms with Crippen molar-refractivity contribution in [3.63, 3.8) is 0 Å². The molecule has 0 bridgehead atoms. The van der Waals surface area contributed by atoms with Crippen LogP contribution in [0.15, 0.2) is 41.3 Å². The molecule has 3 amide bonds. The molecular weight excluding hydrogens is 442 g/mol. The van der Waals surface area contributed by atoms with Crippen LogP contribution in [0.1, 0.15) is 18.9 Å². The van der Waals surface area contributed by atoms with Crippen LogP contribution in [-0.2, 0) is 9.59 Å². The van der Waals surface area contributed by atoms with Crippen molar-refractivity contribution in [2.24, 2.45) is 0 Å². The van der Waals surface area contributed by atoms with Crippen molar-refractivity contribution in [3.05, 3.63) is 58.5 Å². The van der Waals surface area contributed by atoms with E-state index in [4.69, 9.17) is 9.47 Å². The molecule has 0 aromatic heterocycles. The number of imide groups is 1. The molecule has 1 aliphatic heterocycles. The van der Waals surface area contributed by atoms with Gasteiger partial charge in [-0.15, -0.1) is 0 Å². The first-order chi connectivity index (χ1) is 15.3. The third-order valence-corrected chi connectivity index (χ3v) is 5.24. The summed E-state index contributed by atoms with van der Waals surface area (Å²) in [5, 5.41) is 1.59. The first-order valence-corrected chi connectivity index (χ1v) is 10.4. The van der Waals surface area contributed by atoms with Gasteiger partial charge in [-0.2, -0.15) is 0 Å². The number of carbonyl (C=O) groups excluding carboxylic acids is 3. The Balaban J connectivity index is 1.71. The lowest BCUT2D eigenvalue weighted by molar-refractivity contribution is -0.127. The summed E-state index contributed by atoms with van der Waals surface area (Å²) in [6.45, 7) is 1.90. The summed E-state index contributed by atoms with van der Waals surface area (Å²) in [5.41, 5.74) is 0.352. The van der Waals surface area contributed by atoms with Gasteiger partial charge in [-0.25, -0.2) is 8.78 Å². The van der Waals surface area contributed by atoms with Gasteiger partial charge < -0.3 is 14.8 Å². The van der Waals surface area contributed by atoms with Crippen molar-refractivity contribution in [2.75, 3.05) is 25.6 Å². The summed E-state index contributed by atoms with van der Waals surface area (Å²) >= 11 is 0.684. The Kier molecular flexibility index (Phi) is 7.47. The zero-order valence-electron chi connectivity index (χ0n) is 17.3. The van der Waals surface area contributed by atoms with Gasteiger partial charge in [-0.3, -0.25) is 19.3 Å². The molecular formula is C22H20F2N2O5S. The Labute approximate surface area is 187 Å². The van der Waals surface area contributed by atoms with Crippen LogP contribution in [0.4, 0.5) is 19.3 Å². The summed E-state index contributed by atoms with van der Waals surface area (Å²) in [6.07, 6.45) is 2.34. The van der Waals surface area contributed by atoms with Crippen LogP contribution in [0.3, 0.4) is 0 Å². The standard InChI is InChI=1S/C22H20F2N2O5S/c1-3-8-31-17-7-4-13(9-18(17)30-2)10-19-21(28)26(22(29)32-19)12-20(27)25-16-6-5-14(23)11-15(16)24/h4-7,9-11H,3,8,12H2,1-2H3,(H,25,27)/b19-10-. The molecule has 0 radical (unpaired) electrons. The Hall–Kier alpha value is -3.40. The van der Waals surface area contributed by atoms with Gasteiger partial charge in [0.25, 0.3) is 11.1 Å². The van der Waals surface area contributed by atoms with E-state index in [1.54, 1.807) is 18.2 Å². The van der Waals surface area contributed by atoms with Crippen molar-refractivity contribution < 1.29 is 32.6 Å². The predicted octanol–water partition coefficient (Wildman–Crippen LogP) is 4.44. The zero-order valence-corrected chi connectivity index (χ0v) is 18.1. The van der Waals surface area contributed by atoms with Gasteiger partial charge >= 0.3 is 0 Å². The molecule has 1 fully saturated rings. The van der Waals surface area contributed by atoms with Crippen molar-refractivity contribution in [2.45, 2.75) is 13.3 Å². The second-order valence-corrected chi connectivity index (χ2v) is 7.69. The molecule has 168 valence electrons. The first kappa shape index (κ1) is 23.3. The summed E-state index contributed by atoms with van der Waals surface area (Å²) in [5.74, 6) is -2.17. The highest BCUT2D eigenvalue weighted by Crippen LogP contribution is 2.34. The van der Waals surface area contributed by atoms with Gasteiger partial charge in [-0.05, 0) is 54.1 Å². The van der Waals surface area contributed by atoms with E-state index in [-0.39, 0.29) is 10.6 Å². The lowest BCUT2D eigenvalue weighted by atomic mass is 10.2. The number of halogens is 2. The van der Waals surface area contributed by atoms with Gasteiger partial charge in [0.05, 0.1) is 24.3 Å². The average Bonchev–Trinajstić information content (AvgIpc) is 3.02. The van der Waals surface area contributed by atoms with Crippen LogP contribution >= 0.6 is 11.8 Å². The van der Waals surface area contributed by atoms with Crippen LogP contribution in [0.2, 0.25) is 0 Å². The Morgan fingerprint density at radius 3 is 2.62 bits per heavy atom. The lowest BCUT2D eigenvalue weighted by Gasteiger charge is -2.13. The zero-order chi connectivity index (χ0) is 23.3. The third kappa shape index (κ3) is 5.44. The van der Waals surface area contributed by atoms with E-state index < -0.39 is 35.2 Å². The average molecular weight is 462 g/mol. The number of amides is 3. The fourth-order valence-electron chi connectivity index (χ4n) is 2.82. The number of rotatable bonds is 8. The van der Waals surface area contributed by atoms with Crippen molar-refractivity contribution in [3.8, 4) is 11.5 Å². The topological polar surface area (TPSA) is 84.9 Å². The molecule has 1 heterocycles. The number of ether oxygens (including phenoxy) is 2. The number of hydrogen-bond donors (Lipinski definition) is 1. The molecule has 0 spiro atoms. The summed E-state index contributed by atoms with van der Waals surface area (Å²) in [4.78, 5) is 38.0. The van der Waals surface area contributed by atoms with Crippen LogP contribution in [0.25, 0.3) is 6.08 Å². The smallest absolute Gasteiger partial charge is 0.294 e. The molecule has 1 saturated heterocycles. The number of anilines is 1. The van der Waals surface area contributed by atoms with Crippen LogP contribution in [0, 0.1) is 11.6 Å². The summed E-state index contributed by atoms with van der Waals surface area (Å²) in [7, 11) is 1.49. The second-order valence-electron chi connectivity index (χ2n) is 6.70. The highest BCUT2D eigenvalue weighted by atomic mass is 32.2. The van der Waals surface area contributed by atoms with Gasteiger partial charge in [0.15, 0.2) is 11.5 Å². The number of thioether (sulfide) groups is 1. The van der Waals surface area contributed by atoms with E-state index in [1.807, 2.05) is 6.92 Å². The minimum Gasteiger partial charge on any atom is -0.493 e. The second kappa shape index (κ2) is 10.3. The highest BCUT2D eigenvalue weighted by molar-refractivity contribution is 8.18. The van der Waals surface area contributed by atoms with Gasteiger partial charge in [0, 0.05) is 6.07 Å². The fourth-order valence-corrected chi connectivity index (χ4v) is 3.66. The number of methoxy groups -OCH3 is 1. The van der Waals surface area contributed by atoms with E-state index in [2.05, 4.69) is 5.32 Å². The van der Waals surface area contributed by atoms with Crippen molar-refractivity contribution in [1.82, 2.24) is 4.90 Å². The maximum atomic E-state index is 13.7. The highest BCUT2D eigenvalue weighted by Gasteiger charge is 2.36. The van der Waals surface area contributed by atoms with Crippen LogP contribution in [0.5, 0.6) is 11.5 Å². The number of benzene rings is 2. The fraction of sp³-hybridized carbons (Fsp3) is 0.227. The third-order valence-electron chi connectivity index (χ3n) is 4.33. The SMILES string of the molecule is CCCOc1ccc(/C=C2\SC(=O)N(CC(=O)Nc3ccc(F)cc3F)C2=O)cc1OC. The molecule has 7 nitrogen and oxygen atoms in total. The maximum Gasteiger partial charge on any atom is 0.294 e. The number of carbonyl (C=O) groups is 3. The molecule has 0 unspecified atom stereocenters. The van der Waals surface area contributed by atoms with Gasteiger partial charge in [0.2, 0.25) is 5.91 Å². The minimum atomic E-state index is -0.965. The predicted molar refractivity (Wildman–Crippen MR) is 116 cm³/mol. The molecule has 0 aliphatic carbocycles. The molecule has 1 aliphatic rings. The largest absolute Gasteiger partial charge is 0.493 e. The van der Waals surface area contributed by atoms with Crippen LogP contribution in [-0.4, -0.2) is 42.2 Å². The monoisotopic (exact) mass is 462 g/mol. The van der Waals surface area contributed by atoms with E-state index in [0.29, 0.717) is 41.5 Å². The van der Waals surface area contributed by atoms with Crippen molar-refractivity contribution in [1.29, 1.82) is 0 Å².